The van der Waals surface area contributed by atoms with E-state index >= 15 is 0 Å². The molecule has 0 saturated carbocycles. The first-order chi connectivity index (χ1) is 21.8. The molecule has 0 spiro atoms. The van der Waals surface area contributed by atoms with Gasteiger partial charge < -0.3 is 10.2 Å². The third-order valence-electron chi connectivity index (χ3n) is 6.54. The van der Waals surface area contributed by atoms with E-state index in [9.17, 15) is 70.2 Å². The van der Waals surface area contributed by atoms with Crippen LogP contribution in [0.5, 0.6) is 11.5 Å². The van der Waals surface area contributed by atoms with Crippen molar-refractivity contribution in [1.82, 2.24) is 0 Å². The van der Waals surface area contributed by atoms with Crippen LogP contribution in [0.15, 0.2) is 0 Å². The normalized spacial score (nSPS) is 11.2. The van der Waals surface area contributed by atoms with Crippen LogP contribution in [-0.4, -0.2) is 10.2 Å². The van der Waals surface area contributed by atoms with Crippen LogP contribution in [0.4, 0.5) is 70.2 Å². The topological polar surface area (TPSA) is 40.5 Å². The van der Waals surface area contributed by atoms with E-state index in [4.69, 9.17) is 10.2 Å². The fourth-order valence-corrected chi connectivity index (χ4v) is 4.25. The lowest BCUT2D eigenvalue weighted by atomic mass is 9.97. The maximum absolute atomic E-state index is 14.0. The Kier molecular flexibility index (Phi) is 10.7. The van der Waals surface area contributed by atoms with Crippen LogP contribution < -0.4 is 0 Å². The number of hydrogen-bond donors (Lipinski definition) is 2. The first kappa shape index (κ1) is 36.8. The molecule has 0 aliphatic heterocycles. The van der Waals surface area contributed by atoms with Crippen molar-refractivity contribution in [3.8, 4) is 33.8 Å². The Morgan fingerprint density at radius 1 is 0.319 bits per heavy atom. The first-order valence-corrected chi connectivity index (χ1v) is 12.6. The number of halogens is 16. The Labute approximate surface area is 252 Å². The van der Waals surface area contributed by atoms with Gasteiger partial charge in [-0.25, -0.2) is 52.7 Å². The highest BCUT2D eigenvalue weighted by Crippen LogP contribution is 2.41. The minimum atomic E-state index is -2.40. The van der Waals surface area contributed by atoms with Crippen LogP contribution in [0.25, 0.3) is 22.3 Å². The van der Waals surface area contributed by atoms with Crippen LogP contribution in [0, 0.1) is 93.1 Å². The summed E-state index contributed by atoms with van der Waals surface area (Å²) in [6.07, 6.45) is -0.818. The SMILES string of the molecule is CCCc1c(F)c(F)c(-c2c(F)c(F)c(O)c(F)c2F)c(F)c1F.CCc1c(F)c(F)c(-c2c(F)c(F)c(O)c(F)c2F)c(F)c1F. The third-order valence-corrected chi connectivity index (χ3v) is 6.54. The summed E-state index contributed by atoms with van der Waals surface area (Å²) < 4.78 is 219. The van der Waals surface area contributed by atoms with E-state index in [1.54, 1.807) is 0 Å². The predicted octanol–water partition coefficient (Wildman–Crippen LogP) is 9.86. The highest BCUT2D eigenvalue weighted by atomic mass is 19.2. The molecule has 4 rings (SSSR count). The van der Waals surface area contributed by atoms with Crippen molar-refractivity contribution in [2.45, 2.75) is 33.1 Å². The second kappa shape index (κ2) is 13.6. The molecule has 0 fully saturated rings. The molecular weight excluding hydrogens is 684 g/mol. The summed E-state index contributed by atoms with van der Waals surface area (Å²) in [5.41, 5.74) is -9.95. The van der Waals surface area contributed by atoms with E-state index in [2.05, 4.69) is 0 Å². The number of hydrogen-bond acceptors (Lipinski definition) is 2. The van der Waals surface area contributed by atoms with Crippen molar-refractivity contribution < 1.29 is 80.5 Å². The van der Waals surface area contributed by atoms with Crippen molar-refractivity contribution >= 4 is 0 Å². The quantitative estimate of drug-likeness (QED) is 0.161. The van der Waals surface area contributed by atoms with Crippen molar-refractivity contribution in [2.75, 3.05) is 0 Å². The Morgan fingerprint density at radius 2 is 0.532 bits per heavy atom. The van der Waals surface area contributed by atoms with Gasteiger partial charge >= 0.3 is 0 Å². The van der Waals surface area contributed by atoms with Gasteiger partial charge in [-0.1, -0.05) is 20.3 Å². The molecule has 0 radical (unpaired) electrons. The molecule has 47 heavy (non-hydrogen) atoms. The fraction of sp³-hybridized carbons (Fsp3) is 0.172. The van der Waals surface area contributed by atoms with Gasteiger partial charge in [-0.15, -0.1) is 0 Å². The maximum atomic E-state index is 14.0. The molecule has 0 aliphatic rings. The molecule has 2 N–H and O–H groups in total. The monoisotopic (exact) mass is 698 g/mol. The minimum Gasteiger partial charge on any atom is -0.503 e. The summed E-state index contributed by atoms with van der Waals surface area (Å²) in [5, 5.41) is 17.6. The number of phenolic OH excluding ortho intramolecular Hbond substituents is 2. The van der Waals surface area contributed by atoms with Gasteiger partial charge in [0.15, 0.2) is 81.3 Å². The van der Waals surface area contributed by atoms with E-state index in [1.165, 1.54) is 6.92 Å². The van der Waals surface area contributed by atoms with Crippen LogP contribution in [0.3, 0.4) is 0 Å². The Hall–Kier alpha value is -4.64. The van der Waals surface area contributed by atoms with E-state index in [0.29, 0.717) is 0 Å². The summed E-state index contributed by atoms with van der Waals surface area (Å²) in [6.45, 7) is 2.60. The Balaban J connectivity index is 0.000000256. The summed E-state index contributed by atoms with van der Waals surface area (Å²) >= 11 is 0. The van der Waals surface area contributed by atoms with Gasteiger partial charge in [0.2, 0.25) is 23.3 Å². The lowest BCUT2D eigenvalue weighted by Gasteiger charge is -2.14. The van der Waals surface area contributed by atoms with Crippen LogP contribution >= 0.6 is 0 Å². The van der Waals surface area contributed by atoms with Crippen molar-refractivity contribution in [2.24, 2.45) is 0 Å². The molecule has 4 aromatic carbocycles. The highest BCUT2D eigenvalue weighted by molar-refractivity contribution is 5.70. The molecule has 18 heteroatoms. The van der Waals surface area contributed by atoms with Gasteiger partial charge in [0.25, 0.3) is 0 Å². The largest absolute Gasteiger partial charge is 0.503 e. The van der Waals surface area contributed by atoms with E-state index in [-0.39, 0.29) is 6.42 Å². The van der Waals surface area contributed by atoms with Gasteiger partial charge in [-0.05, 0) is 12.8 Å². The Bertz CT molecular complexity index is 1810. The zero-order chi connectivity index (χ0) is 36.0. The summed E-state index contributed by atoms with van der Waals surface area (Å²) in [4.78, 5) is 0. The van der Waals surface area contributed by atoms with Gasteiger partial charge in [0.05, 0.1) is 22.3 Å². The Morgan fingerprint density at radius 3 is 0.745 bits per heavy atom. The summed E-state index contributed by atoms with van der Waals surface area (Å²) in [6, 6.07) is 0. The van der Waals surface area contributed by atoms with Crippen LogP contribution in [0.2, 0.25) is 0 Å². The van der Waals surface area contributed by atoms with Crippen LogP contribution in [-0.2, 0) is 12.8 Å². The number of benzene rings is 4. The molecule has 0 aliphatic carbocycles. The lowest BCUT2D eigenvalue weighted by Crippen LogP contribution is -2.09. The number of phenols is 2. The summed E-state index contributed by atoms with van der Waals surface area (Å²) in [7, 11) is 0. The molecule has 0 heterocycles. The molecule has 2 nitrogen and oxygen atoms in total. The molecule has 4 aromatic rings. The van der Waals surface area contributed by atoms with Gasteiger partial charge in [0.1, 0.15) is 0 Å². The summed E-state index contributed by atoms with van der Waals surface area (Å²) in [5.74, 6) is -39.8. The van der Waals surface area contributed by atoms with Crippen molar-refractivity contribution in [3.05, 3.63) is 104 Å². The zero-order valence-corrected chi connectivity index (χ0v) is 23.1. The second-order valence-corrected chi connectivity index (χ2v) is 9.28. The van der Waals surface area contributed by atoms with Gasteiger partial charge in [-0.2, -0.15) is 17.6 Å². The molecular formula is C29H14F16O2. The van der Waals surface area contributed by atoms with Gasteiger partial charge in [-0.3, -0.25) is 0 Å². The average molecular weight is 698 g/mol. The minimum absolute atomic E-state index is 0.0945. The van der Waals surface area contributed by atoms with Crippen molar-refractivity contribution in [1.29, 1.82) is 0 Å². The zero-order valence-electron chi connectivity index (χ0n) is 23.1. The molecule has 0 aromatic heterocycles. The first-order valence-electron chi connectivity index (χ1n) is 12.6. The molecule has 0 amide bonds. The second-order valence-electron chi connectivity index (χ2n) is 9.28. The smallest absolute Gasteiger partial charge is 0.204 e. The molecule has 0 saturated heterocycles. The molecule has 254 valence electrons. The van der Waals surface area contributed by atoms with E-state index in [1.807, 2.05) is 0 Å². The van der Waals surface area contributed by atoms with Crippen LogP contribution in [0.1, 0.15) is 31.4 Å². The van der Waals surface area contributed by atoms with Crippen molar-refractivity contribution in [3.63, 3.8) is 0 Å². The number of aromatic hydroxyl groups is 2. The molecule has 0 bridgehead atoms. The van der Waals surface area contributed by atoms with Gasteiger partial charge in [0, 0.05) is 11.1 Å². The molecule has 0 atom stereocenters. The van der Waals surface area contributed by atoms with E-state index in [0.717, 1.165) is 6.92 Å². The fourth-order valence-electron chi connectivity index (χ4n) is 4.25. The maximum Gasteiger partial charge on any atom is 0.204 e. The number of rotatable bonds is 5. The predicted molar refractivity (Wildman–Crippen MR) is 130 cm³/mol. The van der Waals surface area contributed by atoms with E-state index < -0.39 is 151 Å². The average Bonchev–Trinajstić information content (AvgIpc) is 3.04. The molecule has 0 unspecified atom stereocenters. The third kappa shape index (κ3) is 5.88. The lowest BCUT2D eigenvalue weighted by molar-refractivity contribution is 0.357. The standard InChI is InChI=1S/C15H8F8O.C14H6F8O/c1-2-3-4-7(16)9(18)5(10(19)8(4)17)6-11(20)13(22)15(24)14(23)12(6)21;1-2-3-6(15)8(17)4(9(18)7(3)16)5-10(19)12(21)14(23)13(22)11(5)20/h24H,2-3H2,1H3;23H,2H2,1H3. The highest BCUT2D eigenvalue weighted by Gasteiger charge is 2.35.